The summed E-state index contributed by atoms with van der Waals surface area (Å²) >= 11 is 0. The first-order chi connectivity index (χ1) is 13.6. The van der Waals surface area contributed by atoms with Crippen molar-refractivity contribution in [2.75, 3.05) is 5.32 Å². The molecule has 5 rings (SSSR count). The zero-order valence-electron chi connectivity index (χ0n) is 15.0. The number of hydrogen-bond donors (Lipinski definition) is 1. The van der Waals surface area contributed by atoms with E-state index < -0.39 is 5.92 Å². The molecule has 0 saturated heterocycles. The Morgan fingerprint density at radius 2 is 1.96 bits per heavy atom. The normalized spacial score (nSPS) is 16.0. The van der Waals surface area contributed by atoms with Gasteiger partial charge in [0.25, 0.3) is 0 Å². The van der Waals surface area contributed by atoms with Crippen molar-refractivity contribution in [2.24, 2.45) is 7.05 Å². The van der Waals surface area contributed by atoms with Crippen molar-refractivity contribution in [3.63, 3.8) is 0 Å². The molecule has 3 aromatic heterocycles. The van der Waals surface area contributed by atoms with Gasteiger partial charge in [0.2, 0.25) is 5.91 Å². The molecule has 0 aliphatic carbocycles. The molecule has 1 aliphatic rings. The molecular formula is C21H16N4O3. The van der Waals surface area contributed by atoms with Gasteiger partial charge in [0.1, 0.15) is 17.1 Å². The van der Waals surface area contributed by atoms with Gasteiger partial charge in [0.05, 0.1) is 17.3 Å². The summed E-state index contributed by atoms with van der Waals surface area (Å²) < 4.78 is 7.32. The minimum Gasteiger partial charge on any atom is -0.464 e. The molecule has 0 bridgehead atoms. The van der Waals surface area contributed by atoms with Crippen LogP contribution in [-0.2, 0) is 11.8 Å². The maximum Gasteiger partial charge on any atom is 0.226 e. The molecule has 138 valence electrons. The second-order valence-electron chi connectivity index (χ2n) is 6.77. The van der Waals surface area contributed by atoms with Gasteiger partial charge < -0.3 is 9.73 Å². The number of hydrogen-bond acceptors (Lipinski definition) is 5. The van der Waals surface area contributed by atoms with Crippen molar-refractivity contribution in [3.05, 3.63) is 76.3 Å². The van der Waals surface area contributed by atoms with Crippen LogP contribution in [0.5, 0.6) is 0 Å². The first kappa shape index (κ1) is 16.4. The highest BCUT2D eigenvalue weighted by Gasteiger charge is 2.35. The van der Waals surface area contributed by atoms with E-state index in [1.54, 1.807) is 36.1 Å². The number of pyridine rings is 1. The zero-order valence-corrected chi connectivity index (χ0v) is 15.0. The van der Waals surface area contributed by atoms with Crippen LogP contribution in [0.2, 0.25) is 0 Å². The number of rotatable bonds is 2. The highest BCUT2D eigenvalue weighted by atomic mass is 16.3. The summed E-state index contributed by atoms with van der Waals surface area (Å²) in [6, 6.07) is 12.7. The molecule has 4 aromatic rings. The first-order valence-corrected chi connectivity index (χ1v) is 8.92. The summed E-state index contributed by atoms with van der Waals surface area (Å²) in [5.41, 5.74) is 2.95. The van der Waals surface area contributed by atoms with E-state index in [9.17, 15) is 9.59 Å². The van der Waals surface area contributed by atoms with E-state index in [1.165, 1.54) is 6.26 Å². The van der Waals surface area contributed by atoms with E-state index in [0.29, 0.717) is 33.7 Å². The topological polar surface area (TPSA) is 90.0 Å². The average Bonchev–Trinajstić information content (AvgIpc) is 3.05. The molecule has 28 heavy (non-hydrogen) atoms. The lowest BCUT2D eigenvalue weighted by molar-refractivity contribution is -0.116. The van der Waals surface area contributed by atoms with Gasteiger partial charge >= 0.3 is 0 Å². The Morgan fingerprint density at radius 1 is 1.14 bits per heavy atom. The van der Waals surface area contributed by atoms with Crippen molar-refractivity contribution in [1.29, 1.82) is 0 Å². The lowest BCUT2D eigenvalue weighted by Crippen LogP contribution is -2.27. The molecule has 1 amide bonds. The third-order valence-electron chi connectivity index (χ3n) is 5.07. The number of anilines is 1. The minimum atomic E-state index is -0.463. The monoisotopic (exact) mass is 372 g/mol. The van der Waals surface area contributed by atoms with Crippen LogP contribution in [0.3, 0.4) is 0 Å². The van der Waals surface area contributed by atoms with E-state index in [4.69, 9.17) is 4.42 Å². The van der Waals surface area contributed by atoms with E-state index in [-0.39, 0.29) is 17.8 Å². The number of para-hydroxylation sites is 1. The third-order valence-corrected chi connectivity index (χ3v) is 5.07. The van der Waals surface area contributed by atoms with E-state index in [1.807, 2.05) is 24.3 Å². The summed E-state index contributed by atoms with van der Waals surface area (Å²) in [5, 5.41) is 7.94. The van der Waals surface area contributed by atoms with Gasteiger partial charge in [-0.25, -0.2) is 0 Å². The van der Waals surface area contributed by atoms with Gasteiger partial charge in [-0.2, -0.15) is 5.10 Å². The van der Waals surface area contributed by atoms with Crippen LogP contribution in [0.1, 0.15) is 23.5 Å². The third kappa shape index (κ3) is 2.44. The van der Waals surface area contributed by atoms with Gasteiger partial charge in [-0.1, -0.05) is 18.2 Å². The molecular weight excluding hydrogens is 356 g/mol. The second-order valence-corrected chi connectivity index (χ2v) is 6.77. The van der Waals surface area contributed by atoms with Gasteiger partial charge in [-0.15, -0.1) is 0 Å². The number of amides is 1. The summed E-state index contributed by atoms with van der Waals surface area (Å²) in [6.07, 6.45) is 3.30. The molecule has 1 N–H and O–H groups in total. The predicted molar refractivity (Wildman–Crippen MR) is 104 cm³/mol. The molecule has 1 aliphatic heterocycles. The Hall–Kier alpha value is -3.74. The highest BCUT2D eigenvalue weighted by Crippen LogP contribution is 2.41. The summed E-state index contributed by atoms with van der Waals surface area (Å²) in [6.45, 7) is 0. The fourth-order valence-corrected chi connectivity index (χ4v) is 3.78. The first-order valence-electron chi connectivity index (χ1n) is 8.92. The van der Waals surface area contributed by atoms with E-state index in [0.717, 1.165) is 5.56 Å². The second kappa shape index (κ2) is 6.16. The minimum absolute atomic E-state index is 0.136. The van der Waals surface area contributed by atoms with Crippen LogP contribution in [0.15, 0.2) is 64.1 Å². The molecule has 0 fully saturated rings. The molecule has 0 unspecified atom stereocenters. The predicted octanol–water partition coefficient (Wildman–Crippen LogP) is 3.06. The summed E-state index contributed by atoms with van der Waals surface area (Å²) in [4.78, 5) is 29.9. The molecule has 0 saturated carbocycles. The maximum absolute atomic E-state index is 13.2. The SMILES string of the molecule is Cn1nc(-c2ccccn2)c2c1NC(=O)C[C@H]2c1coc2ccccc2c1=O. The summed E-state index contributed by atoms with van der Waals surface area (Å²) in [7, 11) is 1.76. The number of nitrogens with one attached hydrogen (secondary N) is 1. The van der Waals surface area contributed by atoms with Crippen molar-refractivity contribution in [3.8, 4) is 11.4 Å². The highest BCUT2D eigenvalue weighted by molar-refractivity contribution is 5.96. The Morgan fingerprint density at radius 3 is 2.79 bits per heavy atom. The van der Waals surface area contributed by atoms with Gasteiger partial charge in [-0.3, -0.25) is 19.3 Å². The number of aromatic nitrogens is 3. The number of benzene rings is 1. The Labute approximate surface area is 159 Å². The standard InChI is InChI=1S/C21H16N4O3/c1-25-21-18(19(24-25)15-7-4-5-9-22-15)13(10-17(26)23-21)14-11-28-16-8-3-2-6-12(16)20(14)27/h2-9,11,13H,10H2,1H3,(H,23,26)/t13-/m0/s1. The molecule has 4 heterocycles. The van der Waals surface area contributed by atoms with Crippen molar-refractivity contribution < 1.29 is 9.21 Å². The van der Waals surface area contributed by atoms with Crippen LogP contribution in [0.25, 0.3) is 22.4 Å². The average molecular weight is 372 g/mol. The molecule has 0 radical (unpaired) electrons. The maximum atomic E-state index is 13.2. The zero-order chi connectivity index (χ0) is 19.3. The van der Waals surface area contributed by atoms with Crippen molar-refractivity contribution >= 4 is 22.7 Å². The van der Waals surface area contributed by atoms with Crippen LogP contribution in [0, 0.1) is 0 Å². The number of fused-ring (bicyclic) bond motifs is 2. The van der Waals surface area contributed by atoms with Crippen LogP contribution in [0.4, 0.5) is 5.82 Å². The van der Waals surface area contributed by atoms with Crippen LogP contribution in [-0.4, -0.2) is 20.7 Å². The van der Waals surface area contributed by atoms with Crippen molar-refractivity contribution in [2.45, 2.75) is 12.3 Å². The van der Waals surface area contributed by atoms with E-state index >= 15 is 0 Å². The fourth-order valence-electron chi connectivity index (χ4n) is 3.78. The van der Waals surface area contributed by atoms with Crippen LogP contribution < -0.4 is 10.7 Å². The lowest BCUT2D eigenvalue weighted by Gasteiger charge is -2.23. The number of carbonyl (C=O) groups is 1. The molecule has 0 spiro atoms. The molecule has 1 atom stereocenters. The quantitative estimate of drug-likeness (QED) is 0.584. The van der Waals surface area contributed by atoms with Crippen LogP contribution >= 0.6 is 0 Å². The smallest absolute Gasteiger partial charge is 0.226 e. The van der Waals surface area contributed by atoms with Gasteiger partial charge in [0.15, 0.2) is 5.43 Å². The fraction of sp³-hybridized carbons (Fsp3) is 0.143. The Balaban J connectivity index is 1.77. The number of carbonyl (C=O) groups excluding carboxylic acids is 1. The van der Waals surface area contributed by atoms with Crippen molar-refractivity contribution in [1.82, 2.24) is 14.8 Å². The molecule has 7 heteroatoms. The Bertz CT molecular complexity index is 1270. The number of aryl methyl sites for hydroxylation is 1. The summed E-state index contributed by atoms with van der Waals surface area (Å²) in [5.74, 6) is -0.0506. The van der Waals surface area contributed by atoms with Gasteiger partial charge in [0, 0.05) is 36.7 Å². The lowest BCUT2D eigenvalue weighted by atomic mass is 9.85. The molecule has 7 nitrogen and oxygen atoms in total. The molecule has 1 aromatic carbocycles. The Kier molecular flexibility index (Phi) is 3.61. The van der Waals surface area contributed by atoms with E-state index in [2.05, 4.69) is 15.4 Å². The largest absolute Gasteiger partial charge is 0.464 e. The number of nitrogens with zero attached hydrogens (tertiary/aromatic N) is 3. The van der Waals surface area contributed by atoms with Gasteiger partial charge in [-0.05, 0) is 24.3 Å².